The maximum Gasteiger partial charge on any atom is 0.261 e. The van der Waals surface area contributed by atoms with Gasteiger partial charge in [0.15, 0.2) is 0 Å². The first kappa shape index (κ1) is 24.1. The van der Waals surface area contributed by atoms with Gasteiger partial charge in [0, 0.05) is 13.0 Å². The topological polar surface area (TPSA) is 37.4 Å². The van der Waals surface area contributed by atoms with Gasteiger partial charge in [0.1, 0.15) is 23.2 Å². The summed E-state index contributed by atoms with van der Waals surface area (Å²) >= 11 is 0. The fourth-order valence-electron chi connectivity index (χ4n) is 4.79. The van der Waals surface area contributed by atoms with Crippen LogP contribution in [-0.4, -0.2) is 29.4 Å². The lowest BCUT2D eigenvalue weighted by Gasteiger charge is -2.28. The minimum Gasteiger partial charge on any atom is -1.00 e. The molecule has 0 atom stereocenters. The van der Waals surface area contributed by atoms with Crippen LogP contribution in [0.1, 0.15) is 27.1 Å². The summed E-state index contributed by atoms with van der Waals surface area (Å²) < 4.78 is 0. The van der Waals surface area contributed by atoms with Gasteiger partial charge in [0.2, 0.25) is 0 Å². The highest BCUT2D eigenvalue weighted by molar-refractivity contribution is 7.95. The number of fused-ring (bicyclic) bond motifs is 1. The van der Waals surface area contributed by atoms with Crippen LogP contribution < -0.4 is 32.9 Å². The van der Waals surface area contributed by atoms with Gasteiger partial charge < -0.3 is 17.0 Å². The van der Waals surface area contributed by atoms with Crippen molar-refractivity contribution in [1.29, 1.82) is 0 Å². The first-order valence-electron chi connectivity index (χ1n) is 11.2. The van der Waals surface area contributed by atoms with E-state index < -0.39 is 7.26 Å². The molecule has 0 N–H and O–H groups in total. The number of benzene rings is 4. The molecule has 4 aromatic carbocycles. The molecule has 5 rings (SSSR count). The van der Waals surface area contributed by atoms with E-state index in [0.29, 0.717) is 17.7 Å². The van der Waals surface area contributed by atoms with Gasteiger partial charge in [-0.15, -0.1) is 0 Å². The quantitative estimate of drug-likeness (QED) is 0.270. The van der Waals surface area contributed by atoms with Gasteiger partial charge in [0.25, 0.3) is 11.8 Å². The van der Waals surface area contributed by atoms with Gasteiger partial charge in [-0.3, -0.25) is 14.5 Å². The zero-order valence-electron chi connectivity index (χ0n) is 18.7. The summed E-state index contributed by atoms with van der Waals surface area (Å²) in [5.41, 5.74) is 1.02. The maximum atomic E-state index is 12.9. The molecule has 0 aliphatic carbocycles. The first-order valence-corrected chi connectivity index (χ1v) is 13.2. The van der Waals surface area contributed by atoms with E-state index in [0.717, 1.165) is 12.6 Å². The number of nitrogens with zero attached hydrogens (tertiary/aromatic N) is 1. The standard InChI is InChI=1S/C29H25NO2P.BrH/c31-28-26-19-10-11-20-27(26)29(32)30(28)21-12-22-33(23-13-4-1-5-14-23,24-15-6-2-7-16-24)25-17-8-3-9-18-25;/h1-11,13-20H,12,21-22H2;1H/q+1;/p-1. The normalized spacial score (nSPS) is 12.9. The molecule has 0 radical (unpaired) electrons. The molecule has 2 amide bonds. The molecule has 0 saturated carbocycles. The van der Waals surface area contributed by atoms with E-state index in [-0.39, 0.29) is 28.8 Å². The van der Waals surface area contributed by atoms with Crippen molar-refractivity contribution in [2.45, 2.75) is 6.42 Å². The van der Waals surface area contributed by atoms with Crippen LogP contribution in [0.3, 0.4) is 0 Å². The van der Waals surface area contributed by atoms with Gasteiger partial charge in [-0.2, -0.15) is 0 Å². The Hall–Kier alpha value is -3.07. The Morgan fingerprint density at radius 3 is 1.26 bits per heavy atom. The van der Waals surface area contributed by atoms with Crippen molar-refractivity contribution in [3.05, 3.63) is 126 Å². The number of hydrogen-bond acceptors (Lipinski definition) is 2. The van der Waals surface area contributed by atoms with Crippen LogP contribution >= 0.6 is 7.26 Å². The average Bonchev–Trinajstić information content (AvgIpc) is 3.13. The van der Waals surface area contributed by atoms with Crippen molar-refractivity contribution in [2.24, 2.45) is 0 Å². The van der Waals surface area contributed by atoms with E-state index in [2.05, 4.69) is 72.8 Å². The van der Waals surface area contributed by atoms with Crippen molar-refractivity contribution in [2.75, 3.05) is 12.7 Å². The van der Waals surface area contributed by atoms with Crippen molar-refractivity contribution >= 4 is 35.0 Å². The summed E-state index contributed by atoms with van der Waals surface area (Å²) in [7, 11) is -1.97. The Morgan fingerprint density at radius 2 is 0.882 bits per heavy atom. The van der Waals surface area contributed by atoms with Crippen molar-refractivity contribution < 1.29 is 26.6 Å². The van der Waals surface area contributed by atoms with Crippen LogP contribution in [0.5, 0.6) is 0 Å². The summed E-state index contributed by atoms with van der Waals surface area (Å²) in [6.07, 6.45) is 1.61. The highest BCUT2D eigenvalue weighted by Crippen LogP contribution is 2.55. The number of hydrogen-bond donors (Lipinski definition) is 0. The molecule has 3 nitrogen and oxygen atoms in total. The van der Waals surface area contributed by atoms with E-state index in [1.54, 1.807) is 12.1 Å². The van der Waals surface area contributed by atoms with Crippen LogP contribution in [0.4, 0.5) is 0 Å². The van der Waals surface area contributed by atoms with E-state index in [9.17, 15) is 9.59 Å². The molecule has 1 aliphatic heterocycles. The lowest BCUT2D eigenvalue weighted by molar-refractivity contribution is -0.0000295. The molecule has 5 heteroatoms. The molecule has 4 aromatic rings. The number of amides is 2. The molecular formula is C29H25BrNO2P. The predicted molar refractivity (Wildman–Crippen MR) is 136 cm³/mol. The van der Waals surface area contributed by atoms with Crippen LogP contribution in [0.25, 0.3) is 0 Å². The van der Waals surface area contributed by atoms with Gasteiger partial charge in [-0.1, -0.05) is 66.7 Å². The molecule has 34 heavy (non-hydrogen) atoms. The molecule has 0 fully saturated rings. The smallest absolute Gasteiger partial charge is 0.261 e. The van der Waals surface area contributed by atoms with E-state index in [1.807, 2.05) is 30.3 Å². The molecular weight excluding hydrogens is 505 g/mol. The zero-order chi connectivity index (χ0) is 22.7. The van der Waals surface area contributed by atoms with Crippen LogP contribution in [-0.2, 0) is 0 Å². The Balaban J connectivity index is 0.00000274. The number of halogens is 1. The van der Waals surface area contributed by atoms with Crippen molar-refractivity contribution in [3.63, 3.8) is 0 Å². The number of carbonyl (C=O) groups is 2. The monoisotopic (exact) mass is 529 g/mol. The van der Waals surface area contributed by atoms with Gasteiger partial charge in [0.05, 0.1) is 17.3 Å². The third kappa shape index (κ3) is 4.24. The summed E-state index contributed by atoms with van der Waals surface area (Å²) in [5, 5.41) is 3.93. The van der Waals surface area contributed by atoms with Crippen LogP contribution in [0, 0.1) is 0 Å². The Kier molecular flexibility index (Phi) is 7.41. The minimum atomic E-state index is -1.97. The molecule has 0 spiro atoms. The van der Waals surface area contributed by atoms with Crippen LogP contribution in [0.2, 0.25) is 0 Å². The second-order valence-electron chi connectivity index (χ2n) is 8.20. The molecule has 170 valence electrons. The fraction of sp³-hybridized carbons (Fsp3) is 0.103. The highest BCUT2D eigenvalue weighted by atomic mass is 79.9. The predicted octanol–water partition coefficient (Wildman–Crippen LogP) is 1.67. The highest BCUT2D eigenvalue weighted by Gasteiger charge is 2.45. The average molecular weight is 530 g/mol. The SMILES string of the molecule is O=C1c2ccccc2C(=O)N1CCC[P+](c1ccccc1)(c1ccccc1)c1ccccc1.[Br-]. The summed E-state index contributed by atoms with van der Waals surface area (Å²) in [6, 6.07) is 39.1. The van der Waals surface area contributed by atoms with E-state index >= 15 is 0 Å². The van der Waals surface area contributed by atoms with Gasteiger partial charge in [-0.25, -0.2) is 0 Å². The maximum absolute atomic E-state index is 12.9. The summed E-state index contributed by atoms with van der Waals surface area (Å²) in [6.45, 7) is 0.417. The van der Waals surface area contributed by atoms with Gasteiger partial charge >= 0.3 is 0 Å². The lowest BCUT2D eigenvalue weighted by Crippen LogP contribution is -3.00. The molecule has 0 unspecified atom stereocenters. The lowest BCUT2D eigenvalue weighted by atomic mass is 10.1. The Morgan fingerprint density at radius 1 is 0.529 bits per heavy atom. The second-order valence-corrected chi connectivity index (χ2v) is 11.8. The second kappa shape index (κ2) is 10.5. The van der Waals surface area contributed by atoms with Gasteiger partial charge in [-0.05, 0) is 48.5 Å². The Labute approximate surface area is 211 Å². The molecule has 0 bridgehead atoms. The Bertz CT molecular complexity index is 1150. The number of carbonyl (C=O) groups excluding carboxylic acids is 2. The molecule has 1 aliphatic rings. The zero-order valence-corrected chi connectivity index (χ0v) is 21.2. The van der Waals surface area contributed by atoms with Crippen molar-refractivity contribution in [1.82, 2.24) is 4.90 Å². The third-order valence-corrected chi connectivity index (χ3v) is 10.9. The molecule has 0 aromatic heterocycles. The fourth-order valence-corrected chi connectivity index (χ4v) is 9.12. The number of rotatable bonds is 7. The van der Waals surface area contributed by atoms with Crippen LogP contribution in [0.15, 0.2) is 115 Å². The number of imide groups is 1. The third-order valence-electron chi connectivity index (χ3n) is 6.34. The minimum absolute atomic E-state index is 0. The largest absolute Gasteiger partial charge is 1.00 e. The molecule has 1 heterocycles. The summed E-state index contributed by atoms with van der Waals surface area (Å²) in [5.74, 6) is -0.364. The summed E-state index contributed by atoms with van der Waals surface area (Å²) in [4.78, 5) is 27.2. The van der Waals surface area contributed by atoms with E-state index in [4.69, 9.17) is 0 Å². The molecule has 0 saturated heterocycles. The van der Waals surface area contributed by atoms with Crippen molar-refractivity contribution in [3.8, 4) is 0 Å². The first-order chi connectivity index (χ1) is 16.2. The van der Waals surface area contributed by atoms with E-state index in [1.165, 1.54) is 20.8 Å².